The van der Waals surface area contributed by atoms with Crippen molar-refractivity contribution in [3.05, 3.63) is 425 Å². The number of benzene rings is 22. The molecule has 0 N–H and O–H groups in total. The van der Waals surface area contributed by atoms with Crippen molar-refractivity contribution in [2.45, 2.75) is 0 Å². The van der Waals surface area contributed by atoms with Crippen LogP contribution < -0.4 is 0 Å². The summed E-state index contributed by atoms with van der Waals surface area (Å²) >= 11 is 0. The summed E-state index contributed by atoms with van der Waals surface area (Å²) in [5.74, 6) is 3.32. The molecule has 0 atom stereocenters. The van der Waals surface area contributed by atoms with Gasteiger partial charge in [-0.1, -0.05) is 315 Å². The topological polar surface area (TPSA) is 113 Å². The maximum Gasteiger partial charge on any atom is 0.167 e. The summed E-state index contributed by atoms with van der Waals surface area (Å²) in [7, 11) is 0. The van der Waals surface area contributed by atoms with E-state index in [1.54, 1.807) is 0 Å². The summed E-state index contributed by atoms with van der Waals surface area (Å²) in [6.07, 6.45) is 0. The Kier molecular flexibility index (Phi) is 16.0. The van der Waals surface area contributed by atoms with Crippen LogP contribution in [0.2, 0.25) is 0 Å². The van der Waals surface area contributed by atoms with Gasteiger partial charge in [0, 0.05) is 76.7 Å². The van der Waals surface area contributed by atoms with Crippen molar-refractivity contribution in [1.29, 1.82) is 0 Å². The number of hydrogen-bond acceptors (Lipinski definition) is 8. The van der Waals surface area contributed by atoms with Crippen molar-refractivity contribution in [3.8, 4) is 113 Å². The van der Waals surface area contributed by atoms with Crippen LogP contribution in [0.1, 0.15) is 0 Å². The van der Waals surface area contributed by atoms with E-state index < -0.39 is 0 Å². The van der Waals surface area contributed by atoms with E-state index in [2.05, 4.69) is 410 Å². The highest BCUT2D eigenvalue weighted by atomic mass is 16.3. The lowest BCUT2D eigenvalue weighted by molar-refractivity contribution is 0.669. The fraction of sp³-hybridized carbons (Fsp3) is 0. The van der Waals surface area contributed by atoms with Crippen molar-refractivity contribution in [2.75, 3.05) is 0 Å². The average Bonchev–Trinajstić information content (AvgIpc) is 1.56. The van der Waals surface area contributed by atoms with Gasteiger partial charge in [-0.3, -0.25) is 0 Å². The molecule has 0 fully saturated rings. The highest BCUT2D eigenvalue weighted by Crippen LogP contribution is 2.49. The summed E-state index contributed by atoms with van der Waals surface area (Å²) in [6.45, 7) is 0. The van der Waals surface area contributed by atoms with Gasteiger partial charge in [0.25, 0.3) is 0 Å². The Bertz CT molecular complexity index is 9790. The van der Waals surface area contributed by atoms with E-state index in [-0.39, 0.29) is 0 Å². The summed E-state index contributed by atoms with van der Waals surface area (Å²) in [5.41, 5.74) is 21.4. The standard InChI is InChI=1S/C122H70N8O2/c1-3-21-71(22-4-1)73-41-45-77(46-42-73)117-123-119(96-37-19-31-75-25-11-13-33-93(75)96)127-121(125-117)105-63-87-53-54-92(70-100(87)114-99-36-16-18-40-112(99)132-116(105)114)130-108-67-82-30-10-8-28-80(82)61-102(108)104-64-88-57-83(50-52-86(88)68-109(104)130)84-49-51-85-62-103-101-60-79-27-7-9-29-81(79)66-107(101)129(110(103)69-89(85)58-84)91-55-56-95-90(59-91)65-106(115-113(95)98-35-15-17-39-111(98)131-115)122-126-118(78-47-43-74(44-48-78)72-23-5-2-6-24-72)124-120(128-122)97-38-20-32-76-26-12-14-34-94(76)97/h1-70H. The van der Waals surface area contributed by atoms with E-state index >= 15 is 0 Å². The number of furan rings is 2. The number of hydrogen-bond donors (Lipinski definition) is 0. The van der Waals surface area contributed by atoms with Gasteiger partial charge in [0.15, 0.2) is 34.9 Å². The first-order chi connectivity index (χ1) is 65.3. The Hall–Kier alpha value is -17.9. The minimum atomic E-state index is 0.514. The molecular weight excluding hydrogens is 1610 g/mol. The highest BCUT2D eigenvalue weighted by Gasteiger charge is 2.27. The van der Waals surface area contributed by atoms with Crippen molar-refractivity contribution in [1.82, 2.24) is 39.0 Å². The van der Waals surface area contributed by atoms with E-state index in [4.69, 9.17) is 38.7 Å². The SMILES string of the molecule is c1ccc(-c2ccc(-c3nc(-c4cccc5ccccc45)nc(-c4cc5cc(-n6c7cc8ccccc8cc7c7cc8ccc(-c9ccc%10cc%11c(cc%10c9)c9cc%10ccccc%10cc9n%11-c9ccc%10cc(-c%11nc(-c%12ccc(-c%13ccccc%13)cc%12)nc(-c%12cccc%13ccccc%12%13)n%11)c%11oc%12ccccc%12c%11c%10c9)cc8cc76)ccc5c5c4oc4ccccc45)n3)cc2)cc1. The van der Waals surface area contributed by atoms with Crippen molar-refractivity contribution in [2.24, 2.45) is 0 Å². The molecule has 6 aromatic heterocycles. The largest absolute Gasteiger partial charge is 0.455 e. The van der Waals surface area contributed by atoms with Crippen LogP contribution in [0.25, 0.3) is 287 Å². The summed E-state index contributed by atoms with van der Waals surface area (Å²) < 4.78 is 19.1. The van der Waals surface area contributed by atoms with Gasteiger partial charge in [-0.15, -0.1) is 0 Å². The second-order valence-electron chi connectivity index (χ2n) is 34.8. The zero-order chi connectivity index (χ0) is 86.3. The molecule has 610 valence electrons. The first-order valence-corrected chi connectivity index (χ1v) is 44.7. The predicted octanol–water partition coefficient (Wildman–Crippen LogP) is 32.3. The number of aromatic nitrogens is 8. The van der Waals surface area contributed by atoms with Gasteiger partial charge in [-0.05, 0) is 229 Å². The minimum Gasteiger partial charge on any atom is -0.455 e. The van der Waals surface area contributed by atoms with Gasteiger partial charge in [0.05, 0.1) is 33.2 Å². The van der Waals surface area contributed by atoms with E-state index in [1.807, 2.05) is 24.3 Å². The van der Waals surface area contributed by atoms with Crippen LogP contribution in [-0.4, -0.2) is 39.0 Å². The Labute approximate surface area is 754 Å². The predicted molar refractivity (Wildman–Crippen MR) is 545 cm³/mol. The lowest BCUT2D eigenvalue weighted by Gasteiger charge is -2.14. The fourth-order valence-electron chi connectivity index (χ4n) is 20.9. The van der Waals surface area contributed by atoms with Crippen LogP contribution in [0.4, 0.5) is 0 Å². The maximum atomic E-state index is 7.13. The number of rotatable bonds is 11. The second-order valence-corrected chi connectivity index (χ2v) is 34.8. The van der Waals surface area contributed by atoms with Crippen LogP contribution >= 0.6 is 0 Å². The third-order valence-corrected chi connectivity index (χ3v) is 27.2. The summed E-state index contributed by atoms with van der Waals surface area (Å²) in [5, 5.41) is 26.5. The molecule has 6 heterocycles. The molecule has 10 nitrogen and oxygen atoms in total. The Balaban J connectivity index is 0.583. The first-order valence-electron chi connectivity index (χ1n) is 44.7. The van der Waals surface area contributed by atoms with Crippen LogP contribution in [0.5, 0.6) is 0 Å². The molecule has 0 saturated carbocycles. The average molecular weight is 1680 g/mol. The van der Waals surface area contributed by atoms with Gasteiger partial charge < -0.3 is 18.0 Å². The Morgan fingerprint density at radius 2 is 0.485 bits per heavy atom. The van der Waals surface area contributed by atoms with E-state index in [0.717, 1.165) is 203 Å². The lowest BCUT2D eigenvalue weighted by Crippen LogP contribution is -2.01. The quantitative estimate of drug-likeness (QED) is 0.126. The molecule has 28 aromatic rings. The zero-order valence-corrected chi connectivity index (χ0v) is 70.8. The molecule has 0 saturated heterocycles. The molecule has 0 aliphatic rings. The van der Waals surface area contributed by atoms with Gasteiger partial charge in [-0.25, -0.2) is 29.9 Å². The van der Waals surface area contributed by atoms with Gasteiger partial charge in [0.1, 0.15) is 22.3 Å². The van der Waals surface area contributed by atoms with Gasteiger partial charge >= 0.3 is 0 Å². The number of para-hydroxylation sites is 2. The van der Waals surface area contributed by atoms with E-state index in [0.29, 0.717) is 46.1 Å². The Morgan fingerprint density at radius 3 is 0.977 bits per heavy atom. The Morgan fingerprint density at radius 1 is 0.159 bits per heavy atom. The molecule has 0 spiro atoms. The molecule has 28 rings (SSSR count). The van der Waals surface area contributed by atoms with Gasteiger partial charge in [-0.2, -0.15) is 0 Å². The molecule has 0 amide bonds. The van der Waals surface area contributed by atoms with Crippen molar-refractivity contribution < 1.29 is 8.83 Å². The monoisotopic (exact) mass is 1680 g/mol. The molecular formula is C122H70N8O2. The highest BCUT2D eigenvalue weighted by molar-refractivity contribution is 6.26. The molecule has 22 aromatic carbocycles. The molecule has 0 bridgehead atoms. The van der Waals surface area contributed by atoms with Gasteiger partial charge in [0.2, 0.25) is 0 Å². The van der Waals surface area contributed by atoms with Crippen LogP contribution in [0.3, 0.4) is 0 Å². The first kappa shape index (κ1) is 73.3. The zero-order valence-electron chi connectivity index (χ0n) is 70.8. The normalized spacial score (nSPS) is 12.1. The van der Waals surface area contributed by atoms with Crippen LogP contribution in [-0.2, 0) is 0 Å². The minimum absolute atomic E-state index is 0.514. The summed E-state index contributed by atoms with van der Waals surface area (Å²) in [6, 6.07) is 153. The molecule has 0 radical (unpaired) electrons. The van der Waals surface area contributed by atoms with E-state index in [1.165, 1.54) is 37.7 Å². The van der Waals surface area contributed by atoms with Crippen LogP contribution in [0, 0.1) is 0 Å². The fourth-order valence-corrected chi connectivity index (χ4v) is 20.9. The smallest absolute Gasteiger partial charge is 0.167 e. The molecule has 10 heteroatoms. The van der Waals surface area contributed by atoms with E-state index in [9.17, 15) is 0 Å². The van der Waals surface area contributed by atoms with Crippen molar-refractivity contribution >= 4 is 174 Å². The van der Waals surface area contributed by atoms with Crippen molar-refractivity contribution in [3.63, 3.8) is 0 Å². The number of fused-ring (bicyclic) bond motifs is 22. The number of nitrogens with zero attached hydrogens (tertiary/aromatic N) is 8. The molecule has 132 heavy (non-hydrogen) atoms. The third kappa shape index (κ3) is 11.7. The maximum absolute atomic E-state index is 7.13. The molecule has 0 unspecified atom stereocenters. The summed E-state index contributed by atoms with van der Waals surface area (Å²) in [4.78, 5) is 32.5. The molecule has 0 aliphatic heterocycles. The lowest BCUT2D eigenvalue weighted by atomic mass is 9.96. The third-order valence-electron chi connectivity index (χ3n) is 27.2. The van der Waals surface area contributed by atoms with Crippen LogP contribution in [0.15, 0.2) is 433 Å². The second kappa shape index (κ2) is 28.8. The molecule has 0 aliphatic carbocycles.